The van der Waals surface area contributed by atoms with Gasteiger partial charge in [0.1, 0.15) is 18.1 Å². The minimum atomic E-state index is 0.256. The molecule has 5 heteroatoms. The summed E-state index contributed by atoms with van der Waals surface area (Å²) in [6, 6.07) is 6.38. The van der Waals surface area contributed by atoms with Gasteiger partial charge in [-0.05, 0) is 42.2 Å². The van der Waals surface area contributed by atoms with Gasteiger partial charge in [0.2, 0.25) is 0 Å². The molecule has 0 spiro atoms. The first-order valence-electron chi connectivity index (χ1n) is 9.66. The van der Waals surface area contributed by atoms with Crippen LogP contribution in [0.1, 0.15) is 25.8 Å². The van der Waals surface area contributed by atoms with E-state index in [4.69, 9.17) is 9.47 Å². The number of aliphatic hydroxyl groups is 1. The first-order chi connectivity index (χ1) is 12.6. The Morgan fingerprint density at radius 3 is 2.88 bits per heavy atom. The van der Waals surface area contributed by atoms with E-state index in [1.54, 1.807) is 7.11 Å². The second-order valence-electron chi connectivity index (χ2n) is 7.79. The third kappa shape index (κ3) is 4.78. The molecule has 5 nitrogen and oxygen atoms in total. The van der Waals surface area contributed by atoms with E-state index < -0.39 is 0 Å². The number of piperazine rings is 1. The van der Waals surface area contributed by atoms with Gasteiger partial charge in [0.15, 0.2) is 0 Å². The molecule has 1 atom stereocenters. The Morgan fingerprint density at radius 1 is 1.31 bits per heavy atom. The van der Waals surface area contributed by atoms with Gasteiger partial charge in [-0.25, -0.2) is 0 Å². The Hall–Kier alpha value is -1.56. The van der Waals surface area contributed by atoms with E-state index in [1.165, 1.54) is 5.57 Å². The molecule has 1 aromatic rings. The zero-order valence-electron chi connectivity index (χ0n) is 16.3. The fourth-order valence-corrected chi connectivity index (χ4v) is 3.94. The quantitative estimate of drug-likeness (QED) is 0.809. The maximum Gasteiger partial charge on any atom is 0.127 e. The molecule has 0 unspecified atom stereocenters. The smallest absolute Gasteiger partial charge is 0.127 e. The average molecular weight is 360 g/mol. The molecular formula is C21H32N2O3. The largest absolute Gasteiger partial charge is 0.497 e. The molecule has 1 saturated heterocycles. The van der Waals surface area contributed by atoms with Crippen LogP contribution >= 0.6 is 0 Å². The van der Waals surface area contributed by atoms with Gasteiger partial charge >= 0.3 is 0 Å². The molecule has 1 aromatic carbocycles. The van der Waals surface area contributed by atoms with Crippen LogP contribution in [0.25, 0.3) is 6.08 Å². The first-order valence-corrected chi connectivity index (χ1v) is 9.66. The number of hydrogen-bond donors (Lipinski definition) is 1. The highest BCUT2D eigenvalue weighted by molar-refractivity contribution is 5.64. The van der Waals surface area contributed by atoms with Crippen LogP contribution in [0.5, 0.6) is 11.5 Å². The van der Waals surface area contributed by atoms with Crippen molar-refractivity contribution in [2.45, 2.75) is 26.3 Å². The third-order valence-corrected chi connectivity index (χ3v) is 5.17. The predicted molar refractivity (Wildman–Crippen MR) is 105 cm³/mol. The lowest BCUT2D eigenvalue weighted by atomic mass is 10.0. The van der Waals surface area contributed by atoms with E-state index >= 15 is 0 Å². The molecule has 2 aliphatic heterocycles. The summed E-state index contributed by atoms with van der Waals surface area (Å²) in [5.41, 5.74) is 2.39. The van der Waals surface area contributed by atoms with E-state index in [0.29, 0.717) is 18.6 Å². The number of fused-ring (bicyclic) bond motifs is 1. The minimum absolute atomic E-state index is 0.256. The topological polar surface area (TPSA) is 45.2 Å². The number of methoxy groups -OCH3 is 1. The van der Waals surface area contributed by atoms with E-state index in [1.807, 2.05) is 18.2 Å². The lowest BCUT2D eigenvalue weighted by Gasteiger charge is -2.42. The lowest BCUT2D eigenvalue weighted by molar-refractivity contribution is 0.0548. The van der Waals surface area contributed by atoms with Crippen molar-refractivity contribution in [1.82, 2.24) is 9.80 Å². The molecule has 144 valence electrons. The fourth-order valence-electron chi connectivity index (χ4n) is 3.94. The molecule has 0 radical (unpaired) electrons. The molecule has 0 aromatic heterocycles. The van der Waals surface area contributed by atoms with Gasteiger partial charge in [-0.2, -0.15) is 0 Å². The van der Waals surface area contributed by atoms with Gasteiger partial charge in [-0.3, -0.25) is 9.80 Å². The standard InChI is InChI=1S/C21H32N2O3/c1-16(2)12-23-8-7-22(14-19(23)6-9-24)13-17-10-18-11-20(25-3)4-5-21(18)26-15-17/h4-5,10-11,16,19,24H,6-9,12-15H2,1-3H3/t19-/m0/s1. The van der Waals surface area contributed by atoms with Crippen molar-refractivity contribution < 1.29 is 14.6 Å². The van der Waals surface area contributed by atoms with Crippen molar-refractivity contribution >= 4 is 6.08 Å². The van der Waals surface area contributed by atoms with Gasteiger partial charge in [-0.15, -0.1) is 0 Å². The molecule has 0 aliphatic carbocycles. The second kappa shape index (κ2) is 8.89. The molecule has 3 rings (SSSR count). The number of aliphatic hydroxyl groups excluding tert-OH is 1. The van der Waals surface area contributed by atoms with Crippen molar-refractivity contribution in [2.24, 2.45) is 5.92 Å². The summed E-state index contributed by atoms with van der Waals surface area (Å²) in [6.45, 7) is 10.6. The van der Waals surface area contributed by atoms with E-state index in [2.05, 4.69) is 29.7 Å². The SMILES string of the molecule is COc1ccc2c(c1)C=C(CN1CCN(CC(C)C)[C@@H](CCO)C1)CO2. The molecule has 0 amide bonds. The normalized spacial score (nSPS) is 21.3. The third-order valence-electron chi connectivity index (χ3n) is 5.17. The molecule has 26 heavy (non-hydrogen) atoms. The van der Waals surface area contributed by atoms with Crippen LogP contribution in [-0.2, 0) is 0 Å². The summed E-state index contributed by atoms with van der Waals surface area (Å²) in [5.74, 6) is 2.44. The summed E-state index contributed by atoms with van der Waals surface area (Å²) in [4.78, 5) is 5.04. The van der Waals surface area contributed by atoms with Crippen LogP contribution in [0.2, 0.25) is 0 Å². The lowest BCUT2D eigenvalue weighted by Crippen LogP contribution is -2.54. The maximum absolute atomic E-state index is 9.45. The van der Waals surface area contributed by atoms with E-state index in [9.17, 15) is 5.11 Å². The van der Waals surface area contributed by atoms with Crippen molar-refractivity contribution in [1.29, 1.82) is 0 Å². The van der Waals surface area contributed by atoms with Gasteiger partial charge in [0.25, 0.3) is 0 Å². The molecule has 0 bridgehead atoms. The number of rotatable bonds is 7. The summed E-state index contributed by atoms with van der Waals surface area (Å²) < 4.78 is 11.2. The summed E-state index contributed by atoms with van der Waals surface area (Å²) in [7, 11) is 1.69. The molecule has 2 aliphatic rings. The number of benzene rings is 1. The molecule has 1 N–H and O–H groups in total. The van der Waals surface area contributed by atoms with Crippen molar-refractivity contribution in [3.63, 3.8) is 0 Å². The average Bonchev–Trinajstić information content (AvgIpc) is 2.63. The molecule has 1 fully saturated rings. The van der Waals surface area contributed by atoms with Crippen molar-refractivity contribution in [3.8, 4) is 11.5 Å². The van der Waals surface area contributed by atoms with Gasteiger partial charge < -0.3 is 14.6 Å². The summed E-state index contributed by atoms with van der Waals surface area (Å²) >= 11 is 0. The predicted octanol–water partition coefficient (Wildman–Crippen LogP) is 2.50. The fraction of sp³-hybridized carbons (Fsp3) is 0.619. The van der Waals surface area contributed by atoms with Crippen molar-refractivity contribution in [3.05, 3.63) is 29.3 Å². The number of hydrogen-bond acceptors (Lipinski definition) is 5. The first kappa shape index (κ1) is 19.2. The monoisotopic (exact) mass is 360 g/mol. The van der Waals surface area contributed by atoms with Crippen molar-refractivity contribution in [2.75, 3.05) is 53.0 Å². The van der Waals surface area contributed by atoms with Crippen LogP contribution in [0.15, 0.2) is 23.8 Å². The Balaban J connectivity index is 1.64. The Morgan fingerprint density at radius 2 is 2.15 bits per heavy atom. The Kier molecular flexibility index (Phi) is 6.57. The zero-order valence-corrected chi connectivity index (χ0v) is 16.3. The van der Waals surface area contributed by atoms with Crippen LogP contribution in [0.3, 0.4) is 0 Å². The van der Waals surface area contributed by atoms with Crippen LogP contribution < -0.4 is 9.47 Å². The summed E-state index contributed by atoms with van der Waals surface area (Å²) in [6.07, 6.45) is 3.09. The zero-order chi connectivity index (χ0) is 18.5. The van der Waals surface area contributed by atoms with E-state index in [-0.39, 0.29) is 6.61 Å². The molecule has 2 heterocycles. The Bertz CT molecular complexity index is 630. The minimum Gasteiger partial charge on any atom is -0.497 e. The van der Waals surface area contributed by atoms with Crippen LogP contribution in [0.4, 0.5) is 0 Å². The molecule has 0 saturated carbocycles. The highest BCUT2D eigenvalue weighted by Gasteiger charge is 2.27. The number of nitrogens with zero attached hydrogens (tertiary/aromatic N) is 2. The highest BCUT2D eigenvalue weighted by Crippen LogP contribution is 2.30. The van der Waals surface area contributed by atoms with E-state index in [0.717, 1.165) is 56.2 Å². The molecular weight excluding hydrogens is 328 g/mol. The van der Waals surface area contributed by atoms with Gasteiger partial charge in [-0.1, -0.05) is 13.8 Å². The number of ether oxygens (including phenoxy) is 2. The van der Waals surface area contributed by atoms with Gasteiger partial charge in [0, 0.05) is 50.9 Å². The Labute approximate surface area is 157 Å². The van der Waals surface area contributed by atoms with Crippen LogP contribution in [-0.4, -0.2) is 74.0 Å². The second-order valence-corrected chi connectivity index (χ2v) is 7.79. The van der Waals surface area contributed by atoms with Crippen LogP contribution in [0, 0.1) is 5.92 Å². The highest BCUT2D eigenvalue weighted by atomic mass is 16.5. The summed E-state index contributed by atoms with van der Waals surface area (Å²) in [5, 5.41) is 9.45. The van der Waals surface area contributed by atoms with Gasteiger partial charge in [0.05, 0.1) is 7.11 Å². The maximum atomic E-state index is 9.45.